The van der Waals surface area contributed by atoms with Gasteiger partial charge >= 0.3 is 0 Å². The number of pyridine rings is 1. The Hall–Kier alpha value is -3.39. The van der Waals surface area contributed by atoms with Crippen molar-refractivity contribution >= 4 is 34.7 Å². The van der Waals surface area contributed by atoms with E-state index < -0.39 is 0 Å². The van der Waals surface area contributed by atoms with Crippen LogP contribution in [0.15, 0.2) is 36.5 Å². The van der Waals surface area contributed by atoms with Gasteiger partial charge in [-0.15, -0.1) is 0 Å². The van der Waals surface area contributed by atoms with Crippen LogP contribution in [-0.2, 0) is 17.6 Å². The number of hydrogen-bond acceptors (Lipinski definition) is 5. The highest BCUT2D eigenvalue weighted by Crippen LogP contribution is 2.34. The number of nitrogens with zero attached hydrogens (tertiary/aromatic N) is 5. The number of fused-ring (bicyclic) bond motifs is 2. The molecule has 0 saturated heterocycles. The third-order valence-corrected chi connectivity index (χ3v) is 7.17. The fourth-order valence-corrected chi connectivity index (χ4v) is 5.01. The van der Waals surface area contributed by atoms with Gasteiger partial charge in [0, 0.05) is 50.7 Å². The molecule has 1 aromatic carbocycles. The number of aryl methyl sites for hydroxylation is 1. The number of likely N-dealkylation sites (N-methyl/N-ethyl adjacent to an activating group) is 1. The van der Waals surface area contributed by atoms with E-state index in [1.54, 1.807) is 11.8 Å². The van der Waals surface area contributed by atoms with Crippen LogP contribution in [0.1, 0.15) is 48.3 Å². The number of rotatable bonds is 9. The van der Waals surface area contributed by atoms with Crippen LogP contribution in [0.25, 0.3) is 5.65 Å². The second-order valence-corrected chi connectivity index (χ2v) is 10.3. The Labute approximate surface area is 212 Å². The lowest BCUT2D eigenvalue weighted by Crippen LogP contribution is -2.34. The van der Waals surface area contributed by atoms with Crippen molar-refractivity contribution in [2.24, 2.45) is 5.92 Å². The molecule has 5 rings (SSSR count). The summed E-state index contributed by atoms with van der Waals surface area (Å²) in [4.78, 5) is 36.4. The maximum Gasteiger partial charge on any atom is 0.257 e. The Kier molecular flexibility index (Phi) is 6.71. The van der Waals surface area contributed by atoms with Crippen LogP contribution < -0.4 is 15.1 Å². The second-order valence-electron chi connectivity index (χ2n) is 10.3. The normalized spacial score (nSPS) is 15.0. The highest BCUT2D eigenvalue weighted by molar-refractivity contribution is 6.04. The first kappa shape index (κ1) is 24.3. The Morgan fingerprint density at radius 2 is 1.94 bits per heavy atom. The number of carbonyl (C=O) groups excluding carboxylic acids is 2. The van der Waals surface area contributed by atoms with Crippen molar-refractivity contribution in [3.05, 3.63) is 53.3 Å². The zero-order valence-corrected chi connectivity index (χ0v) is 21.8. The summed E-state index contributed by atoms with van der Waals surface area (Å²) in [7, 11) is 4.20. The van der Waals surface area contributed by atoms with Crippen molar-refractivity contribution in [1.82, 2.24) is 14.3 Å². The van der Waals surface area contributed by atoms with Crippen LogP contribution in [0.4, 0.5) is 17.2 Å². The molecular weight excluding hydrogens is 452 g/mol. The molecule has 1 saturated carbocycles. The fourth-order valence-electron chi connectivity index (χ4n) is 5.01. The zero-order chi connectivity index (χ0) is 25.4. The predicted molar refractivity (Wildman–Crippen MR) is 144 cm³/mol. The molecule has 2 aromatic heterocycles. The molecule has 2 aliphatic rings. The second kappa shape index (κ2) is 9.93. The van der Waals surface area contributed by atoms with Crippen LogP contribution in [0.5, 0.6) is 0 Å². The van der Waals surface area contributed by atoms with Crippen LogP contribution >= 0.6 is 0 Å². The summed E-state index contributed by atoms with van der Waals surface area (Å²) < 4.78 is 2.10. The first-order valence-electron chi connectivity index (χ1n) is 13.0. The molecule has 1 N–H and O–H groups in total. The molecule has 8 nitrogen and oxygen atoms in total. The zero-order valence-electron chi connectivity index (χ0n) is 21.8. The van der Waals surface area contributed by atoms with E-state index in [2.05, 4.69) is 40.5 Å². The summed E-state index contributed by atoms with van der Waals surface area (Å²) in [5.41, 5.74) is 5.29. The minimum atomic E-state index is -0.155. The molecule has 0 bridgehead atoms. The Bertz CT molecular complexity index is 1290. The SMILES string of the molecule is CCc1nc2ccc(C(=O)Nc3ccc4c(c3)CCN4C(C)=O)cn2c1N(CCN(C)C)CC1CC1. The highest BCUT2D eigenvalue weighted by atomic mass is 16.2. The summed E-state index contributed by atoms with van der Waals surface area (Å²) in [6.45, 7) is 7.32. The van der Waals surface area contributed by atoms with Gasteiger partial charge in [0.1, 0.15) is 11.5 Å². The average Bonchev–Trinajstić information content (AvgIpc) is 3.44. The van der Waals surface area contributed by atoms with Gasteiger partial charge in [0.05, 0.1) is 11.3 Å². The quantitative estimate of drug-likeness (QED) is 0.496. The molecule has 2 amide bonds. The van der Waals surface area contributed by atoms with E-state index in [0.29, 0.717) is 12.1 Å². The first-order chi connectivity index (χ1) is 17.3. The lowest BCUT2D eigenvalue weighted by atomic mass is 10.1. The van der Waals surface area contributed by atoms with Crippen LogP contribution in [0.2, 0.25) is 0 Å². The van der Waals surface area contributed by atoms with Crippen molar-refractivity contribution < 1.29 is 9.59 Å². The number of carbonyl (C=O) groups is 2. The number of benzene rings is 1. The molecule has 8 heteroatoms. The molecule has 1 aliphatic carbocycles. The number of imidazole rings is 1. The number of aromatic nitrogens is 2. The lowest BCUT2D eigenvalue weighted by molar-refractivity contribution is -0.116. The van der Waals surface area contributed by atoms with E-state index in [4.69, 9.17) is 4.98 Å². The minimum Gasteiger partial charge on any atom is -0.355 e. The van der Waals surface area contributed by atoms with Gasteiger partial charge < -0.3 is 20.0 Å². The summed E-state index contributed by atoms with van der Waals surface area (Å²) in [5, 5.41) is 3.05. The van der Waals surface area contributed by atoms with Crippen molar-refractivity contribution in [1.29, 1.82) is 0 Å². The van der Waals surface area contributed by atoms with Gasteiger partial charge in [0.25, 0.3) is 5.91 Å². The van der Waals surface area contributed by atoms with Crippen LogP contribution in [0.3, 0.4) is 0 Å². The monoisotopic (exact) mass is 488 g/mol. The molecule has 1 aliphatic heterocycles. The van der Waals surface area contributed by atoms with Crippen LogP contribution in [-0.4, -0.2) is 66.4 Å². The van der Waals surface area contributed by atoms with Crippen molar-refractivity contribution in [2.75, 3.05) is 55.4 Å². The van der Waals surface area contributed by atoms with E-state index >= 15 is 0 Å². The topological polar surface area (TPSA) is 73.2 Å². The average molecular weight is 489 g/mol. The molecular formula is C28H36N6O2. The summed E-state index contributed by atoms with van der Waals surface area (Å²) in [5.74, 6) is 1.74. The molecule has 0 radical (unpaired) electrons. The van der Waals surface area contributed by atoms with Crippen molar-refractivity contribution in [2.45, 2.75) is 39.5 Å². The predicted octanol–water partition coefficient (Wildman–Crippen LogP) is 3.84. The van der Waals surface area contributed by atoms with Gasteiger partial charge in [-0.1, -0.05) is 6.92 Å². The molecule has 0 atom stereocenters. The number of nitrogens with one attached hydrogen (secondary N) is 1. The molecule has 1 fully saturated rings. The molecule has 3 heterocycles. The van der Waals surface area contributed by atoms with Gasteiger partial charge in [-0.05, 0) is 81.6 Å². The Morgan fingerprint density at radius 1 is 1.14 bits per heavy atom. The molecule has 3 aromatic rings. The summed E-state index contributed by atoms with van der Waals surface area (Å²) in [6.07, 6.45) is 6.14. The molecule has 190 valence electrons. The highest BCUT2D eigenvalue weighted by Gasteiger charge is 2.28. The molecule has 0 spiro atoms. The number of anilines is 3. The smallest absolute Gasteiger partial charge is 0.257 e. The maximum atomic E-state index is 13.3. The fraction of sp³-hybridized carbons (Fsp3) is 0.464. The van der Waals surface area contributed by atoms with Gasteiger partial charge in [0.15, 0.2) is 0 Å². The summed E-state index contributed by atoms with van der Waals surface area (Å²) >= 11 is 0. The maximum absolute atomic E-state index is 13.3. The summed E-state index contributed by atoms with van der Waals surface area (Å²) in [6, 6.07) is 9.55. The standard InChI is InChI=1S/C28H36N6O2/c1-5-24-28(32(15-14-31(3)4)17-20-6-7-20)34-18-22(8-11-26(34)30-24)27(36)29-23-9-10-25-21(16-23)12-13-33(25)19(2)35/h8-11,16,18,20H,5-7,12-15,17H2,1-4H3,(H,29,36). The van der Waals surface area contributed by atoms with Gasteiger partial charge in [-0.3, -0.25) is 14.0 Å². The van der Waals surface area contributed by atoms with Gasteiger partial charge in [0.2, 0.25) is 5.91 Å². The van der Waals surface area contributed by atoms with Gasteiger partial charge in [-0.2, -0.15) is 0 Å². The third kappa shape index (κ3) is 4.95. The van der Waals surface area contributed by atoms with E-state index in [1.807, 2.05) is 36.5 Å². The van der Waals surface area contributed by atoms with Crippen molar-refractivity contribution in [3.8, 4) is 0 Å². The third-order valence-electron chi connectivity index (χ3n) is 7.17. The minimum absolute atomic E-state index is 0.0442. The first-order valence-corrected chi connectivity index (χ1v) is 13.0. The lowest BCUT2D eigenvalue weighted by Gasteiger charge is -2.27. The number of hydrogen-bond donors (Lipinski definition) is 1. The van der Waals surface area contributed by atoms with E-state index in [1.165, 1.54) is 12.8 Å². The van der Waals surface area contributed by atoms with Crippen molar-refractivity contribution in [3.63, 3.8) is 0 Å². The largest absolute Gasteiger partial charge is 0.355 e. The van der Waals surface area contributed by atoms with E-state index in [0.717, 1.165) is 72.5 Å². The van der Waals surface area contributed by atoms with E-state index in [9.17, 15) is 9.59 Å². The molecule has 0 unspecified atom stereocenters. The molecule has 36 heavy (non-hydrogen) atoms. The Balaban J connectivity index is 1.42. The van der Waals surface area contributed by atoms with E-state index in [-0.39, 0.29) is 11.8 Å². The van der Waals surface area contributed by atoms with Crippen LogP contribution in [0, 0.1) is 5.92 Å². The Morgan fingerprint density at radius 3 is 2.64 bits per heavy atom. The van der Waals surface area contributed by atoms with Gasteiger partial charge in [-0.25, -0.2) is 4.98 Å². The number of amides is 2.